The van der Waals surface area contributed by atoms with Crippen molar-refractivity contribution < 1.29 is 14.3 Å². The van der Waals surface area contributed by atoms with Crippen LogP contribution in [0.15, 0.2) is 35.5 Å². The minimum atomic E-state index is -0.511. The standard InChI is InChI=1S/C23H33N3O3/c1-5-26(6-2)18-12-10-17(11-13-18)21-20(16(4)24-23(28)25-21)22(27)29-19-9-7-8-15(3)14-19/h10-13,15,19,21H,5-9,14H2,1-4H3,(H2,24,25,28)/t15-,19-,21+/m1/s1. The summed E-state index contributed by atoms with van der Waals surface area (Å²) in [4.78, 5) is 27.4. The summed E-state index contributed by atoms with van der Waals surface area (Å²) in [6.07, 6.45) is 4.04. The highest BCUT2D eigenvalue weighted by molar-refractivity contribution is 5.95. The zero-order chi connectivity index (χ0) is 21.0. The predicted molar refractivity (Wildman–Crippen MR) is 115 cm³/mol. The van der Waals surface area contributed by atoms with Gasteiger partial charge in [-0.3, -0.25) is 0 Å². The molecule has 2 amide bonds. The van der Waals surface area contributed by atoms with Gasteiger partial charge in [0.25, 0.3) is 0 Å². The van der Waals surface area contributed by atoms with Gasteiger partial charge in [-0.05, 0) is 63.6 Å². The van der Waals surface area contributed by atoms with Gasteiger partial charge in [-0.15, -0.1) is 0 Å². The van der Waals surface area contributed by atoms with Crippen LogP contribution in [-0.2, 0) is 9.53 Å². The first-order valence-electron chi connectivity index (χ1n) is 10.8. The first-order valence-corrected chi connectivity index (χ1v) is 10.8. The Morgan fingerprint density at radius 3 is 2.48 bits per heavy atom. The van der Waals surface area contributed by atoms with Gasteiger partial charge in [-0.2, -0.15) is 0 Å². The molecular weight excluding hydrogens is 366 g/mol. The van der Waals surface area contributed by atoms with Crippen LogP contribution < -0.4 is 15.5 Å². The van der Waals surface area contributed by atoms with Gasteiger partial charge in [0.15, 0.2) is 0 Å². The van der Waals surface area contributed by atoms with Crippen LogP contribution in [0.2, 0.25) is 0 Å². The third kappa shape index (κ3) is 4.92. The lowest BCUT2D eigenvalue weighted by molar-refractivity contribution is -0.146. The Balaban J connectivity index is 1.83. The topological polar surface area (TPSA) is 70.7 Å². The number of urea groups is 1. The second-order valence-electron chi connectivity index (χ2n) is 8.13. The van der Waals surface area contributed by atoms with Gasteiger partial charge in [0, 0.05) is 24.5 Å². The lowest BCUT2D eigenvalue weighted by Gasteiger charge is -2.31. The molecule has 2 N–H and O–H groups in total. The molecule has 1 saturated carbocycles. The van der Waals surface area contributed by atoms with Crippen LogP contribution in [0, 0.1) is 5.92 Å². The van der Waals surface area contributed by atoms with Gasteiger partial charge in [0.1, 0.15) is 6.10 Å². The SMILES string of the molecule is CCN(CC)c1ccc([C@@H]2NC(=O)NC(C)=C2C(=O)O[C@@H]2CCC[C@@H](C)C2)cc1. The molecule has 0 aromatic heterocycles. The third-order valence-corrected chi connectivity index (χ3v) is 6.01. The van der Waals surface area contributed by atoms with Crippen LogP contribution in [0.25, 0.3) is 0 Å². The number of ether oxygens (including phenoxy) is 1. The van der Waals surface area contributed by atoms with Crippen LogP contribution in [0.1, 0.15) is 65.0 Å². The van der Waals surface area contributed by atoms with Crippen molar-refractivity contribution in [2.75, 3.05) is 18.0 Å². The number of anilines is 1. The Kier molecular flexibility index (Phi) is 6.83. The fourth-order valence-electron chi connectivity index (χ4n) is 4.38. The Morgan fingerprint density at radius 1 is 1.17 bits per heavy atom. The number of benzene rings is 1. The fourth-order valence-corrected chi connectivity index (χ4v) is 4.38. The molecule has 29 heavy (non-hydrogen) atoms. The largest absolute Gasteiger partial charge is 0.459 e. The lowest BCUT2D eigenvalue weighted by Crippen LogP contribution is -2.45. The molecule has 0 saturated heterocycles. The third-order valence-electron chi connectivity index (χ3n) is 6.01. The highest BCUT2D eigenvalue weighted by Gasteiger charge is 2.34. The fraction of sp³-hybridized carbons (Fsp3) is 0.565. The summed E-state index contributed by atoms with van der Waals surface area (Å²) in [6.45, 7) is 10.1. The summed E-state index contributed by atoms with van der Waals surface area (Å²) in [7, 11) is 0. The van der Waals surface area contributed by atoms with Crippen molar-refractivity contribution in [3.8, 4) is 0 Å². The van der Waals surface area contributed by atoms with Gasteiger partial charge in [-0.25, -0.2) is 9.59 Å². The number of esters is 1. The summed E-state index contributed by atoms with van der Waals surface area (Å²) in [5.74, 6) is 0.233. The molecule has 6 heteroatoms. The Labute approximate surface area is 173 Å². The number of nitrogens with one attached hydrogen (secondary N) is 2. The number of hydrogen-bond acceptors (Lipinski definition) is 4. The second kappa shape index (κ2) is 9.33. The number of carbonyl (C=O) groups is 2. The monoisotopic (exact) mass is 399 g/mol. The molecule has 1 aromatic rings. The number of amides is 2. The van der Waals surface area contributed by atoms with E-state index >= 15 is 0 Å². The molecule has 1 aliphatic carbocycles. The lowest BCUT2D eigenvalue weighted by atomic mass is 9.88. The summed E-state index contributed by atoms with van der Waals surface area (Å²) in [5.41, 5.74) is 3.04. The predicted octanol–water partition coefficient (Wildman–Crippen LogP) is 4.28. The summed E-state index contributed by atoms with van der Waals surface area (Å²) < 4.78 is 5.86. The van der Waals surface area contributed by atoms with Gasteiger partial charge in [0.05, 0.1) is 11.6 Å². The van der Waals surface area contributed by atoms with Crippen molar-refractivity contribution in [3.05, 3.63) is 41.1 Å². The smallest absolute Gasteiger partial charge is 0.338 e. The number of carbonyl (C=O) groups excluding carboxylic acids is 2. The molecule has 2 aliphatic rings. The van der Waals surface area contributed by atoms with E-state index in [1.54, 1.807) is 6.92 Å². The average Bonchev–Trinajstić information content (AvgIpc) is 2.68. The molecule has 6 nitrogen and oxygen atoms in total. The van der Waals surface area contributed by atoms with Crippen molar-refractivity contribution in [1.82, 2.24) is 10.6 Å². The molecule has 1 aliphatic heterocycles. The van der Waals surface area contributed by atoms with E-state index in [0.29, 0.717) is 17.2 Å². The van der Waals surface area contributed by atoms with Crippen LogP contribution in [0.3, 0.4) is 0 Å². The van der Waals surface area contributed by atoms with Gasteiger partial charge in [-0.1, -0.05) is 25.5 Å². The molecule has 3 rings (SSSR count). The summed E-state index contributed by atoms with van der Waals surface area (Å²) in [6, 6.07) is 7.22. The average molecular weight is 400 g/mol. The number of rotatable bonds is 6. The maximum absolute atomic E-state index is 13.1. The number of allylic oxidation sites excluding steroid dienone is 1. The molecule has 3 atom stereocenters. The molecule has 1 heterocycles. The zero-order valence-electron chi connectivity index (χ0n) is 18.0. The van der Waals surface area contributed by atoms with E-state index in [4.69, 9.17) is 4.74 Å². The van der Waals surface area contributed by atoms with E-state index < -0.39 is 6.04 Å². The molecule has 1 fully saturated rings. The van der Waals surface area contributed by atoms with Crippen molar-refractivity contribution in [2.45, 2.75) is 65.5 Å². The van der Waals surface area contributed by atoms with Crippen LogP contribution in [0.5, 0.6) is 0 Å². The molecule has 158 valence electrons. The highest BCUT2D eigenvalue weighted by atomic mass is 16.5. The van der Waals surface area contributed by atoms with E-state index in [-0.39, 0.29) is 18.1 Å². The summed E-state index contributed by atoms with van der Waals surface area (Å²) in [5, 5.41) is 5.62. The Bertz CT molecular complexity index is 768. The van der Waals surface area contributed by atoms with Crippen LogP contribution in [-0.4, -0.2) is 31.2 Å². The van der Waals surface area contributed by atoms with Crippen LogP contribution in [0.4, 0.5) is 10.5 Å². The molecule has 0 radical (unpaired) electrons. The van der Waals surface area contributed by atoms with Gasteiger partial charge >= 0.3 is 12.0 Å². The quantitative estimate of drug-likeness (QED) is 0.701. The minimum Gasteiger partial charge on any atom is -0.459 e. The van der Waals surface area contributed by atoms with Crippen molar-refractivity contribution in [3.63, 3.8) is 0 Å². The number of hydrogen-bond donors (Lipinski definition) is 2. The van der Waals surface area contributed by atoms with Crippen molar-refractivity contribution >= 4 is 17.7 Å². The molecular formula is C23H33N3O3. The van der Waals surface area contributed by atoms with E-state index in [1.165, 1.54) is 6.42 Å². The van der Waals surface area contributed by atoms with Crippen molar-refractivity contribution in [1.29, 1.82) is 0 Å². The van der Waals surface area contributed by atoms with E-state index in [2.05, 4.69) is 36.3 Å². The minimum absolute atomic E-state index is 0.0464. The molecule has 1 aromatic carbocycles. The van der Waals surface area contributed by atoms with E-state index in [9.17, 15) is 9.59 Å². The van der Waals surface area contributed by atoms with Gasteiger partial charge in [0.2, 0.25) is 0 Å². The first-order chi connectivity index (χ1) is 13.9. The Hall–Kier alpha value is -2.50. The maximum atomic E-state index is 13.1. The molecule has 0 unspecified atom stereocenters. The van der Waals surface area contributed by atoms with Crippen molar-refractivity contribution in [2.24, 2.45) is 5.92 Å². The molecule has 0 spiro atoms. The summed E-state index contributed by atoms with van der Waals surface area (Å²) >= 11 is 0. The number of nitrogens with zero attached hydrogens (tertiary/aromatic N) is 1. The first kappa shape index (κ1) is 21.2. The normalized spacial score (nSPS) is 24.6. The zero-order valence-corrected chi connectivity index (χ0v) is 18.0. The van der Waals surface area contributed by atoms with Crippen LogP contribution >= 0.6 is 0 Å². The van der Waals surface area contributed by atoms with E-state index in [0.717, 1.165) is 43.6 Å². The Morgan fingerprint density at radius 2 is 1.86 bits per heavy atom. The van der Waals surface area contributed by atoms with Gasteiger partial charge < -0.3 is 20.3 Å². The highest BCUT2D eigenvalue weighted by Crippen LogP contribution is 2.31. The van der Waals surface area contributed by atoms with E-state index in [1.807, 2.05) is 24.3 Å². The maximum Gasteiger partial charge on any atom is 0.338 e. The molecule has 0 bridgehead atoms. The second-order valence-corrected chi connectivity index (χ2v) is 8.13.